The number of carboxylic acid groups (broad SMARTS) is 1. The van der Waals surface area contributed by atoms with Crippen LogP contribution in [0.3, 0.4) is 0 Å². The molecule has 3 aromatic heterocycles. The summed E-state index contributed by atoms with van der Waals surface area (Å²) in [4.78, 5) is 41.6. The van der Waals surface area contributed by atoms with E-state index in [9.17, 15) is 14.4 Å². The molecule has 0 amide bonds. The number of carbonyl (C=O) groups is 1. The molecule has 0 fully saturated rings. The van der Waals surface area contributed by atoms with Gasteiger partial charge in [0.15, 0.2) is 0 Å². The number of hydrogen-bond donors (Lipinski definition) is 2. The average Bonchev–Trinajstić information content (AvgIpc) is 3.26. The summed E-state index contributed by atoms with van der Waals surface area (Å²) < 4.78 is 3.07. The van der Waals surface area contributed by atoms with Gasteiger partial charge in [0.1, 0.15) is 4.83 Å². The number of nitrogens with one attached hydrogen (secondary N) is 1. The second kappa shape index (κ2) is 6.73. The summed E-state index contributed by atoms with van der Waals surface area (Å²) in [6, 6.07) is 7.23. The van der Waals surface area contributed by atoms with E-state index in [4.69, 9.17) is 5.11 Å². The zero-order valence-corrected chi connectivity index (χ0v) is 16.4. The van der Waals surface area contributed by atoms with Gasteiger partial charge in [0.05, 0.1) is 17.5 Å². The molecule has 1 aromatic carbocycles. The quantitative estimate of drug-likeness (QED) is 0.541. The van der Waals surface area contributed by atoms with Crippen LogP contribution in [0.15, 0.2) is 40.1 Å². The number of benzene rings is 1. The van der Waals surface area contributed by atoms with Crippen LogP contribution in [-0.4, -0.2) is 25.2 Å². The van der Waals surface area contributed by atoms with Gasteiger partial charge in [0, 0.05) is 28.5 Å². The lowest BCUT2D eigenvalue weighted by Crippen LogP contribution is -2.33. The lowest BCUT2D eigenvalue weighted by molar-refractivity contribution is -0.137. The van der Waals surface area contributed by atoms with Gasteiger partial charge in [0.25, 0.3) is 5.56 Å². The average molecular weight is 409 g/mol. The highest BCUT2D eigenvalue weighted by atomic mass is 32.1. The minimum absolute atomic E-state index is 0.0323. The highest BCUT2D eigenvalue weighted by Gasteiger charge is 2.21. The number of fused-ring (bicyclic) bond motifs is 4. The lowest BCUT2D eigenvalue weighted by atomic mass is 9.97. The first-order valence-electron chi connectivity index (χ1n) is 9.63. The van der Waals surface area contributed by atoms with Crippen molar-refractivity contribution in [2.45, 2.75) is 38.6 Å². The van der Waals surface area contributed by atoms with Crippen LogP contribution >= 0.6 is 11.3 Å². The van der Waals surface area contributed by atoms with E-state index in [2.05, 4.69) is 4.98 Å². The molecule has 1 aliphatic carbocycles. The smallest absolute Gasteiger partial charge is 0.334 e. The van der Waals surface area contributed by atoms with E-state index in [0.717, 1.165) is 42.1 Å². The van der Waals surface area contributed by atoms with Gasteiger partial charge in [-0.2, -0.15) is 0 Å². The van der Waals surface area contributed by atoms with Crippen molar-refractivity contribution in [1.29, 1.82) is 0 Å². The molecular formula is C21H19N3O4S. The van der Waals surface area contributed by atoms with Crippen LogP contribution < -0.4 is 11.2 Å². The molecule has 29 heavy (non-hydrogen) atoms. The van der Waals surface area contributed by atoms with Gasteiger partial charge in [-0.05, 0) is 55.5 Å². The lowest BCUT2D eigenvalue weighted by Gasteiger charge is -2.10. The number of aromatic amines is 1. The molecule has 0 aliphatic heterocycles. The molecule has 7 nitrogen and oxygen atoms in total. The molecule has 4 aromatic rings. The van der Waals surface area contributed by atoms with Crippen molar-refractivity contribution in [2.75, 3.05) is 0 Å². The number of carboxylic acids is 1. The van der Waals surface area contributed by atoms with Gasteiger partial charge in [-0.15, -0.1) is 11.3 Å². The van der Waals surface area contributed by atoms with Crippen molar-refractivity contribution in [1.82, 2.24) is 14.1 Å². The maximum absolute atomic E-state index is 13.3. The zero-order chi connectivity index (χ0) is 20.1. The Morgan fingerprint density at radius 1 is 1.17 bits per heavy atom. The monoisotopic (exact) mass is 409 g/mol. The summed E-state index contributed by atoms with van der Waals surface area (Å²) in [5.74, 6) is -0.853. The van der Waals surface area contributed by atoms with Crippen molar-refractivity contribution in [3.05, 3.63) is 61.7 Å². The number of hydrogen-bond acceptors (Lipinski definition) is 4. The number of H-pyrrole nitrogens is 1. The minimum atomic E-state index is -0.853. The Morgan fingerprint density at radius 3 is 2.83 bits per heavy atom. The summed E-state index contributed by atoms with van der Waals surface area (Å²) in [6.07, 6.45) is 5.88. The van der Waals surface area contributed by atoms with E-state index in [1.807, 2.05) is 22.9 Å². The summed E-state index contributed by atoms with van der Waals surface area (Å²) >= 11 is 1.53. The van der Waals surface area contributed by atoms with Crippen LogP contribution in [-0.2, 0) is 24.2 Å². The fourth-order valence-corrected chi connectivity index (χ4v) is 5.48. The van der Waals surface area contributed by atoms with Crippen LogP contribution in [0.5, 0.6) is 0 Å². The number of thiophene rings is 1. The summed E-state index contributed by atoms with van der Waals surface area (Å²) in [7, 11) is 0. The molecule has 0 bridgehead atoms. The summed E-state index contributed by atoms with van der Waals surface area (Å²) in [6.45, 7) is 0.367. The highest BCUT2D eigenvalue weighted by Crippen LogP contribution is 2.33. The Kier molecular flexibility index (Phi) is 4.16. The van der Waals surface area contributed by atoms with Crippen molar-refractivity contribution in [3.63, 3.8) is 0 Å². The predicted octanol–water partition coefficient (Wildman–Crippen LogP) is 3.05. The van der Waals surface area contributed by atoms with Gasteiger partial charge in [-0.25, -0.2) is 9.36 Å². The van der Waals surface area contributed by atoms with Crippen molar-refractivity contribution in [3.8, 4) is 5.69 Å². The first kappa shape index (κ1) is 17.9. The number of aliphatic carboxylic acids is 1. The Balaban J connectivity index is 1.65. The molecule has 8 heteroatoms. The minimum Gasteiger partial charge on any atom is -0.481 e. The van der Waals surface area contributed by atoms with Gasteiger partial charge in [-0.3, -0.25) is 14.6 Å². The molecule has 5 rings (SSSR count). The highest BCUT2D eigenvalue weighted by molar-refractivity contribution is 7.18. The van der Waals surface area contributed by atoms with Gasteiger partial charge >= 0.3 is 11.7 Å². The molecule has 2 N–H and O–H groups in total. The Hall–Kier alpha value is -3.13. The molecule has 0 radical (unpaired) electrons. The molecule has 0 atom stereocenters. The van der Waals surface area contributed by atoms with Crippen LogP contribution in [0, 0.1) is 0 Å². The SMILES string of the molecule is O=C(O)CCn1ccc2cc(-n3c(=O)[nH]c4sc5c(c4c3=O)CCCC5)ccc21. The maximum atomic E-state index is 13.3. The zero-order valence-electron chi connectivity index (χ0n) is 15.6. The number of nitrogens with zero attached hydrogens (tertiary/aromatic N) is 2. The number of aryl methyl sites for hydroxylation is 3. The topological polar surface area (TPSA) is 97.1 Å². The summed E-state index contributed by atoms with van der Waals surface area (Å²) in [5, 5.41) is 10.4. The van der Waals surface area contributed by atoms with Gasteiger partial charge < -0.3 is 9.67 Å². The molecule has 148 valence electrons. The molecule has 0 saturated carbocycles. The molecule has 0 unspecified atom stereocenters. The van der Waals surface area contributed by atoms with E-state index in [1.54, 1.807) is 12.1 Å². The molecular weight excluding hydrogens is 390 g/mol. The first-order chi connectivity index (χ1) is 14.0. The third kappa shape index (κ3) is 2.91. The van der Waals surface area contributed by atoms with Crippen LogP contribution in [0.4, 0.5) is 0 Å². The van der Waals surface area contributed by atoms with Crippen LogP contribution in [0.2, 0.25) is 0 Å². The Labute approximate surface area is 168 Å². The van der Waals surface area contributed by atoms with E-state index in [-0.39, 0.29) is 12.0 Å². The van der Waals surface area contributed by atoms with E-state index in [0.29, 0.717) is 22.4 Å². The number of aromatic nitrogens is 3. The normalized spacial score (nSPS) is 13.8. The third-order valence-electron chi connectivity index (χ3n) is 5.59. The second-order valence-electron chi connectivity index (χ2n) is 7.38. The first-order valence-corrected chi connectivity index (χ1v) is 10.5. The van der Waals surface area contributed by atoms with Crippen LogP contribution in [0.1, 0.15) is 29.7 Å². The van der Waals surface area contributed by atoms with Crippen molar-refractivity contribution >= 4 is 38.4 Å². The van der Waals surface area contributed by atoms with E-state index in [1.165, 1.54) is 20.8 Å². The molecule has 3 heterocycles. The third-order valence-corrected chi connectivity index (χ3v) is 6.80. The summed E-state index contributed by atoms with van der Waals surface area (Å²) in [5.41, 5.74) is 1.76. The molecule has 0 saturated heterocycles. The Bertz CT molecular complexity index is 1390. The fourth-order valence-electron chi connectivity index (χ4n) is 4.21. The standard InChI is InChI=1S/C21H19N3O4S/c25-17(26)8-10-23-9-7-12-11-13(5-6-15(12)23)24-20(27)18-14-3-1-2-4-16(14)29-19(18)22-21(24)28/h5-7,9,11H,1-4,8,10H2,(H,22,28)(H,25,26). The predicted molar refractivity (Wildman–Crippen MR) is 112 cm³/mol. The van der Waals surface area contributed by atoms with E-state index < -0.39 is 11.7 Å². The van der Waals surface area contributed by atoms with E-state index >= 15 is 0 Å². The van der Waals surface area contributed by atoms with Crippen LogP contribution in [0.25, 0.3) is 26.8 Å². The van der Waals surface area contributed by atoms with Gasteiger partial charge in [0.2, 0.25) is 0 Å². The maximum Gasteiger partial charge on any atom is 0.334 e. The second-order valence-corrected chi connectivity index (χ2v) is 8.49. The van der Waals surface area contributed by atoms with Crippen molar-refractivity contribution in [2.24, 2.45) is 0 Å². The van der Waals surface area contributed by atoms with Crippen molar-refractivity contribution < 1.29 is 9.90 Å². The van der Waals surface area contributed by atoms with Gasteiger partial charge in [-0.1, -0.05) is 0 Å². The Morgan fingerprint density at radius 2 is 2.00 bits per heavy atom. The fraction of sp³-hybridized carbons (Fsp3) is 0.286. The largest absolute Gasteiger partial charge is 0.481 e. The molecule has 1 aliphatic rings. The molecule has 0 spiro atoms. The number of rotatable bonds is 4.